The maximum Gasteiger partial charge on any atom is 0.0467 e. The molecule has 0 bridgehead atoms. The summed E-state index contributed by atoms with van der Waals surface area (Å²) in [5, 5.41) is 1.68. The molecule has 1 aromatic rings. The normalized spacial score (nSPS) is 21.2. The highest BCUT2D eigenvalue weighted by Crippen LogP contribution is 2.32. The molecule has 1 fully saturated rings. The Hall–Kier alpha value is 0.140. The molecule has 0 spiro atoms. The predicted molar refractivity (Wildman–Crippen MR) is 78.2 cm³/mol. The summed E-state index contributed by atoms with van der Waals surface area (Å²) in [5.41, 5.74) is 2.50. The van der Waals surface area contributed by atoms with Crippen LogP contribution in [0.4, 0.5) is 5.69 Å². The second-order valence-corrected chi connectivity index (χ2v) is 6.11. The average molecular weight is 321 g/mol. The van der Waals surface area contributed by atoms with Crippen LogP contribution in [-0.4, -0.2) is 24.1 Å². The highest BCUT2D eigenvalue weighted by Gasteiger charge is 2.21. The van der Waals surface area contributed by atoms with Gasteiger partial charge < -0.3 is 4.90 Å². The molecule has 0 N–H and O–H groups in total. The lowest BCUT2D eigenvalue weighted by atomic mass is 10.1. The summed E-state index contributed by atoms with van der Waals surface area (Å²) in [6.45, 7) is 3.40. The Morgan fingerprint density at radius 2 is 2.38 bits per heavy atom. The number of halogens is 2. The van der Waals surface area contributed by atoms with E-state index in [1.54, 1.807) is 0 Å². The first kappa shape index (κ1) is 12.6. The van der Waals surface area contributed by atoms with Crippen molar-refractivity contribution in [3.8, 4) is 0 Å². The number of thioether (sulfide) groups is 1. The van der Waals surface area contributed by atoms with E-state index in [0.717, 1.165) is 16.9 Å². The standard InChI is InChI=1S/C12H15BrClNS/c1-9-8-16-6-5-15(9)12-4-2-3-11(14)10(12)7-13/h2-4,9H,5-8H2,1H3. The van der Waals surface area contributed by atoms with Gasteiger partial charge in [-0.25, -0.2) is 0 Å². The summed E-state index contributed by atoms with van der Waals surface area (Å²) >= 11 is 11.8. The van der Waals surface area contributed by atoms with Gasteiger partial charge in [-0.15, -0.1) is 0 Å². The molecule has 1 saturated heterocycles. The van der Waals surface area contributed by atoms with Crippen LogP contribution >= 0.6 is 39.3 Å². The first-order chi connectivity index (χ1) is 7.74. The first-order valence-electron chi connectivity index (χ1n) is 5.41. The summed E-state index contributed by atoms with van der Waals surface area (Å²) in [6.07, 6.45) is 0. The van der Waals surface area contributed by atoms with Crippen molar-refractivity contribution >= 4 is 45.0 Å². The van der Waals surface area contributed by atoms with E-state index in [1.165, 1.54) is 22.8 Å². The van der Waals surface area contributed by atoms with Gasteiger partial charge in [0.1, 0.15) is 0 Å². The molecule has 1 aliphatic heterocycles. The lowest BCUT2D eigenvalue weighted by Gasteiger charge is -2.36. The van der Waals surface area contributed by atoms with Crippen LogP contribution in [0.3, 0.4) is 0 Å². The molecular formula is C12H15BrClNS. The van der Waals surface area contributed by atoms with Crippen LogP contribution in [0.1, 0.15) is 12.5 Å². The van der Waals surface area contributed by atoms with Gasteiger partial charge >= 0.3 is 0 Å². The Kier molecular flexibility index (Phi) is 4.45. The number of hydrogen-bond donors (Lipinski definition) is 0. The molecule has 88 valence electrons. The van der Waals surface area contributed by atoms with Crippen LogP contribution in [0.25, 0.3) is 0 Å². The minimum absolute atomic E-state index is 0.593. The number of rotatable bonds is 2. The Balaban J connectivity index is 2.34. The molecule has 1 aromatic carbocycles. The van der Waals surface area contributed by atoms with Crippen molar-refractivity contribution in [3.05, 3.63) is 28.8 Å². The molecule has 2 rings (SSSR count). The van der Waals surface area contributed by atoms with Crippen LogP contribution in [0, 0.1) is 0 Å². The zero-order valence-corrected chi connectivity index (χ0v) is 12.4. The quantitative estimate of drug-likeness (QED) is 0.752. The maximum absolute atomic E-state index is 6.23. The van der Waals surface area contributed by atoms with Gasteiger partial charge in [0.05, 0.1) is 0 Å². The molecule has 4 heteroatoms. The summed E-state index contributed by atoms with van der Waals surface area (Å²) in [5.74, 6) is 2.41. The van der Waals surface area contributed by atoms with Crippen LogP contribution in [0.5, 0.6) is 0 Å². The third-order valence-electron chi connectivity index (χ3n) is 2.90. The van der Waals surface area contributed by atoms with E-state index in [9.17, 15) is 0 Å². The number of benzene rings is 1. The lowest BCUT2D eigenvalue weighted by Crippen LogP contribution is -2.40. The Labute approximate surface area is 115 Å². The maximum atomic E-state index is 6.23. The van der Waals surface area contributed by atoms with E-state index in [4.69, 9.17) is 11.6 Å². The predicted octanol–water partition coefficient (Wildman–Crippen LogP) is 4.18. The van der Waals surface area contributed by atoms with Crippen LogP contribution in [-0.2, 0) is 5.33 Å². The number of nitrogens with zero attached hydrogens (tertiary/aromatic N) is 1. The first-order valence-corrected chi connectivity index (χ1v) is 8.07. The van der Waals surface area contributed by atoms with Gasteiger partial charge in [0.2, 0.25) is 0 Å². The van der Waals surface area contributed by atoms with E-state index in [1.807, 2.05) is 23.9 Å². The Morgan fingerprint density at radius 3 is 3.06 bits per heavy atom. The summed E-state index contributed by atoms with van der Waals surface area (Å²) in [7, 11) is 0. The minimum Gasteiger partial charge on any atom is -0.367 e. The van der Waals surface area contributed by atoms with Gasteiger partial charge in [-0.05, 0) is 19.1 Å². The van der Waals surface area contributed by atoms with Gasteiger partial charge in [-0.2, -0.15) is 11.8 Å². The average Bonchev–Trinajstić information content (AvgIpc) is 2.29. The number of alkyl halides is 1. The van der Waals surface area contributed by atoms with Crippen molar-refractivity contribution in [2.45, 2.75) is 18.3 Å². The van der Waals surface area contributed by atoms with Crippen molar-refractivity contribution in [2.24, 2.45) is 0 Å². The molecule has 0 radical (unpaired) electrons. The van der Waals surface area contributed by atoms with Crippen molar-refractivity contribution in [1.29, 1.82) is 0 Å². The molecule has 0 amide bonds. The van der Waals surface area contributed by atoms with E-state index < -0.39 is 0 Å². The van der Waals surface area contributed by atoms with Crippen LogP contribution in [0.2, 0.25) is 5.02 Å². The lowest BCUT2D eigenvalue weighted by molar-refractivity contribution is 0.698. The van der Waals surface area contributed by atoms with E-state index >= 15 is 0 Å². The monoisotopic (exact) mass is 319 g/mol. The topological polar surface area (TPSA) is 3.24 Å². The van der Waals surface area contributed by atoms with Crippen molar-refractivity contribution < 1.29 is 0 Å². The Bertz CT molecular complexity index is 372. The molecule has 1 aliphatic rings. The SMILES string of the molecule is CC1CSCCN1c1cccc(Cl)c1CBr. The Morgan fingerprint density at radius 1 is 1.56 bits per heavy atom. The summed E-state index contributed by atoms with van der Waals surface area (Å²) < 4.78 is 0. The smallest absolute Gasteiger partial charge is 0.0467 e. The van der Waals surface area contributed by atoms with Crippen LogP contribution < -0.4 is 4.90 Å². The zero-order chi connectivity index (χ0) is 11.5. The van der Waals surface area contributed by atoms with Crippen molar-refractivity contribution in [3.63, 3.8) is 0 Å². The van der Waals surface area contributed by atoms with Crippen LogP contribution in [0.15, 0.2) is 18.2 Å². The summed E-state index contributed by atoms with van der Waals surface area (Å²) in [6, 6.07) is 6.77. The van der Waals surface area contributed by atoms with E-state index in [0.29, 0.717) is 6.04 Å². The third kappa shape index (κ3) is 2.52. The van der Waals surface area contributed by atoms with Gasteiger partial charge in [-0.1, -0.05) is 33.6 Å². The molecule has 0 saturated carbocycles. The molecule has 1 heterocycles. The second-order valence-electron chi connectivity index (χ2n) is 3.99. The fourth-order valence-electron chi connectivity index (χ4n) is 2.03. The molecule has 1 atom stereocenters. The fourth-order valence-corrected chi connectivity index (χ4v) is 4.03. The molecule has 0 aromatic heterocycles. The molecule has 16 heavy (non-hydrogen) atoms. The van der Waals surface area contributed by atoms with Gasteiger partial charge in [-0.3, -0.25) is 0 Å². The van der Waals surface area contributed by atoms with Gasteiger partial charge in [0.15, 0.2) is 0 Å². The molecule has 1 nitrogen and oxygen atoms in total. The van der Waals surface area contributed by atoms with Gasteiger partial charge in [0.25, 0.3) is 0 Å². The van der Waals surface area contributed by atoms with Crippen molar-refractivity contribution in [1.82, 2.24) is 0 Å². The van der Waals surface area contributed by atoms with E-state index in [-0.39, 0.29) is 0 Å². The van der Waals surface area contributed by atoms with Crippen molar-refractivity contribution in [2.75, 3.05) is 23.0 Å². The molecule has 1 unspecified atom stereocenters. The highest BCUT2D eigenvalue weighted by molar-refractivity contribution is 9.08. The largest absolute Gasteiger partial charge is 0.367 e. The van der Waals surface area contributed by atoms with Gasteiger partial charge in [0, 0.05) is 45.7 Å². The fraction of sp³-hybridized carbons (Fsp3) is 0.500. The number of hydrogen-bond acceptors (Lipinski definition) is 2. The molecule has 0 aliphatic carbocycles. The third-order valence-corrected chi connectivity index (χ3v) is 5.01. The number of anilines is 1. The highest BCUT2D eigenvalue weighted by atomic mass is 79.9. The molecular weight excluding hydrogens is 306 g/mol. The van der Waals surface area contributed by atoms with E-state index in [2.05, 4.69) is 33.8 Å². The minimum atomic E-state index is 0.593. The second kappa shape index (κ2) is 5.65. The summed E-state index contributed by atoms with van der Waals surface area (Å²) in [4.78, 5) is 2.47. The zero-order valence-electron chi connectivity index (χ0n) is 9.25.